The Bertz CT molecular complexity index is 336. The molecule has 0 fully saturated rings. The first-order chi connectivity index (χ1) is 6.61. The van der Waals surface area contributed by atoms with Gasteiger partial charge in [-0.25, -0.2) is 0 Å². The highest BCUT2D eigenvalue weighted by Gasteiger charge is 2.24. The van der Waals surface area contributed by atoms with Crippen LogP contribution >= 0.6 is 0 Å². The summed E-state index contributed by atoms with van der Waals surface area (Å²) in [5, 5.41) is 4.66. The molecule has 2 nitrogen and oxygen atoms in total. The number of rotatable bonds is 1. The monoisotopic (exact) mass is 192 g/mol. The molecule has 0 saturated carbocycles. The Morgan fingerprint density at radius 1 is 1.43 bits per heavy atom. The second kappa shape index (κ2) is 3.41. The molecule has 1 aliphatic rings. The summed E-state index contributed by atoms with van der Waals surface area (Å²) in [6.45, 7) is 8.91. The molecule has 0 saturated heterocycles. The van der Waals surface area contributed by atoms with Crippen molar-refractivity contribution in [2.45, 2.75) is 58.9 Å². The Hall–Kier alpha value is -0.790. The zero-order valence-electron chi connectivity index (χ0n) is 9.67. The summed E-state index contributed by atoms with van der Waals surface area (Å²) in [5.41, 5.74) is 4.28. The molecule has 0 bridgehead atoms. The number of fused-ring (bicyclic) bond motifs is 1. The van der Waals surface area contributed by atoms with Crippen molar-refractivity contribution < 1.29 is 0 Å². The molecule has 2 rings (SSSR count). The van der Waals surface area contributed by atoms with Crippen molar-refractivity contribution in [3.05, 3.63) is 17.0 Å². The third kappa shape index (κ3) is 1.37. The van der Waals surface area contributed by atoms with Crippen LogP contribution in [-0.2, 0) is 6.42 Å². The number of aryl methyl sites for hydroxylation is 1. The average molecular weight is 192 g/mol. The first-order valence-electron chi connectivity index (χ1n) is 5.69. The molecule has 78 valence electrons. The van der Waals surface area contributed by atoms with Crippen molar-refractivity contribution in [3.63, 3.8) is 0 Å². The van der Waals surface area contributed by atoms with E-state index in [1.54, 1.807) is 0 Å². The van der Waals surface area contributed by atoms with Crippen molar-refractivity contribution in [2.24, 2.45) is 0 Å². The highest BCUT2D eigenvalue weighted by molar-refractivity contribution is 5.30. The van der Waals surface area contributed by atoms with E-state index in [2.05, 4.69) is 37.5 Å². The van der Waals surface area contributed by atoms with Crippen molar-refractivity contribution in [1.29, 1.82) is 0 Å². The maximum absolute atomic E-state index is 4.66. The minimum atomic E-state index is 0.498. The summed E-state index contributed by atoms with van der Waals surface area (Å²) in [4.78, 5) is 0. The Labute approximate surface area is 86.3 Å². The van der Waals surface area contributed by atoms with E-state index in [9.17, 15) is 0 Å². The van der Waals surface area contributed by atoms with Crippen LogP contribution in [0.3, 0.4) is 0 Å². The van der Waals surface area contributed by atoms with E-state index in [0.717, 1.165) is 0 Å². The van der Waals surface area contributed by atoms with Gasteiger partial charge in [0.2, 0.25) is 0 Å². The standard InChI is InChI=1S/C12H20N2/c1-8(2)14-12-9(3)6-5-7-11(12)10(4)13-14/h8-9H,5-7H2,1-4H3. The topological polar surface area (TPSA) is 17.8 Å². The largest absolute Gasteiger partial charge is 0.266 e. The molecule has 0 aromatic carbocycles. The predicted octanol–water partition coefficient (Wildman–Crippen LogP) is 3.21. The van der Waals surface area contributed by atoms with Gasteiger partial charge >= 0.3 is 0 Å². The van der Waals surface area contributed by atoms with E-state index in [1.165, 1.54) is 36.2 Å². The van der Waals surface area contributed by atoms with Crippen LogP contribution in [0.5, 0.6) is 0 Å². The highest BCUT2D eigenvalue weighted by Crippen LogP contribution is 2.34. The molecule has 1 heterocycles. The van der Waals surface area contributed by atoms with E-state index >= 15 is 0 Å². The first-order valence-corrected chi connectivity index (χ1v) is 5.69. The molecule has 0 N–H and O–H groups in total. The molecule has 1 atom stereocenters. The Morgan fingerprint density at radius 3 is 2.79 bits per heavy atom. The molecular weight excluding hydrogens is 172 g/mol. The lowest BCUT2D eigenvalue weighted by Gasteiger charge is -2.22. The molecule has 0 radical (unpaired) electrons. The third-order valence-electron chi connectivity index (χ3n) is 3.27. The van der Waals surface area contributed by atoms with E-state index in [0.29, 0.717) is 12.0 Å². The van der Waals surface area contributed by atoms with Gasteiger partial charge in [0.05, 0.1) is 5.69 Å². The van der Waals surface area contributed by atoms with Gasteiger partial charge in [-0.15, -0.1) is 0 Å². The summed E-state index contributed by atoms with van der Waals surface area (Å²) < 4.78 is 2.23. The molecule has 1 aromatic rings. The van der Waals surface area contributed by atoms with Gasteiger partial charge in [-0.2, -0.15) is 5.10 Å². The van der Waals surface area contributed by atoms with E-state index in [-0.39, 0.29) is 0 Å². The second-order valence-electron chi connectivity index (χ2n) is 4.78. The Morgan fingerprint density at radius 2 is 2.14 bits per heavy atom. The quantitative estimate of drug-likeness (QED) is 0.668. The minimum absolute atomic E-state index is 0.498. The van der Waals surface area contributed by atoms with Crippen LogP contribution in [0, 0.1) is 6.92 Å². The summed E-state index contributed by atoms with van der Waals surface area (Å²) in [6.07, 6.45) is 3.89. The molecule has 0 amide bonds. The van der Waals surface area contributed by atoms with Crippen LogP contribution in [0.4, 0.5) is 0 Å². The fourth-order valence-electron chi connectivity index (χ4n) is 2.55. The van der Waals surface area contributed by atoms with Gasteiger partial charge in [0, 0.05) is 11.7 Å². The Balaban J connectivity index is 2.53. The van der Waals surface area contributed by atoms with Crippen LogP contribution in [0.2, 0.25) is 0 Å². The van der Waals surface area contributed by atoms with Crippen LogP contribution < -0.4 is 0 Å². The Kier molecular flexibility index (Phi) is 2.38. The van der Waals surface area contributed by atoms with Gasteiger partial charge in [-0.1, -0.05) is 6.92 Å². The third-order valence-corrected chi connectivity index (χ3v) is 3.27. The van der Waals surface area contributed by atoms with Crippen molar-refractivity contribution >= 4 is 0 Å². The van der Waals surface area contributed by atoms with Crippen LogP contribution in [0.1, 0.15) is 62.5 Å². The number of nitrogens with zero attached hydrogens (tertiary/aromatic N) is 2. The predicted molar refractivity (Wildman–Crippen MR) is 58.7 cm³/mol. The van der Waals surface area contributed by atoms with E-state index in [4.69, 9.17) is 0 Å². The van der Waals surface area contributed by atoms with E-state index in [1.807, 2.05) is 0 Å². The lowest BCUT2D eigenvalue weighted by Crippen LogP contribution is -2.14. The lowest BCUT2D eigenvalue weighted by atomic mass is 9.88. The summed E-state index contributed by atoms with van der Waals surface area (Å²) in [7, 11) is 0. The molecule has 14 heavy (non-hydrogen) atoms. The maximum Gasteiger partial charge on any atom is 0.0628 e. The number of hydrogen-bond acceptors (Lipinski definition) is 1. The zero-order valence-corrected chi connectivity index (χ0v) is 9.67. The molecule has 1 unspecified atom stereocenters. The maximum atomic E-state index is 4.66. The average Bonchev–Trinajstić information content (AvgIpc) is 2.46. The smallest absolute Gasteiger partial charge is 0.0628 e. The normalized spacial score (nSPS) is 21.4. The van der Waals surface area contributed by atoms with Gasteiger partial charge in [0.25, 0.3) is 0 Å². The van der Waals surface area contributed by atoms with Crippen molar-refractivity contribution in [3.8, 4) is 0 Å². The summed E-state index contributed by atoms with van der Waals surface area (Å²) in [5.74, 6) is 0.697. The lowest BCUT2D eigenvalue weighted by molar-refractivity contribution is 0.464. The van der Waals surface area contributed by atoms with Gasteiger partial charge in [0.1, 0.15) is 0 Å². The van der Waals surface area contributed by atoms with Crippen molar-refractivity contribution in [2.75, 3.05) is 0 Å². The summed E-state index contributed by atoms with van der Waals surface area (Å²) >= 11 is 0. The SMILES string of the molecule is Cc1nn(C(C)C)c2c1CCCC2C. The summed E-state index contributed by atoms with van der Waals surface area (Å²) in [6, 6.07) is 0.498. The second-order valence-corrected chi connectivity index (χ2v) is 4.78. The highest BCUT2D eigenvalue weighted by atomic mass is 15.3. The molecule has 2 heteroatoms. The van der Waals surface area contributed by atoms with Gasteiger partial charge in [-0.05, 0) is 51.5 Å². The zero-order chi connectivity index (χ0) is 10.3. The fraction of sp³-hybridized carbons (Fsp3) is 0.750. The molecule has 0 aliphatic heterocycles. The van der Waals surface area contributed by atoms with Crippen LogP contribution in [0.25, 0.3) is 0 Å². The van der Waals surface area contributed by atoms with Crippen LogP contribution in [0.15, 0.2) is 0 Å². The number of hydrogen-bond donors (Lipinski definition) is 0. The van der Waals surface area contributed by atoms with Crippen molar-refractivity contribution in [1.82, 2.24) is 9.78 Å². The van der Waals surface area contributed by atoms with E-state index < -0.39 is 0 Å². The first kappa shape index (κ1) is 9.75. The van der Waals surface area contributed by atoms with Gasteiger partial charge in [-0.3, -0.25) is 4.68 Å². The molecule has 1 aliphatic carbocycles. The molecule has 1 aromatic heterocycles. The minimum Gasteiger partial charge on any atom is -0.266 e. The van der Waals surface area contributed by atoms with Gasteiger partial charge < -0.3 is 0 Å². The molecular formula is C12H20N2. The van der Waals surface area contributed by atoms with Gasteiger partial charge in [0.15, 0.2) is 0 Å². The number of aromatic nitrogens is 2. The van der Waals surface area contributed by atoms with Crippen LogP contribution in [-0.4, -0.2) is 9.78 Å². The molecule has 0 spiro atoms. The fourth-order valence-corrected chi connectivity index (χ4v) is 2.55.